The molecule has 4 nitrogen and oxygen atoms in total. The van der Waals surface area contributed by atoms with Gasteiger partial charge in [-0.25, -0.2) is 4.99 Å². The van der Waals surface area contributed by atoms with Gasteiger partial charge in [0, 0.05) is 50.7 Å². The molecule has 0 amide bonds. The summed E-state index contributed by atoms with van der Waals surface area (Å²) in [7, 11) is 0. The number of ether oxygens (including phenoxy) is 1. The second-order valence-corrected chi connectivity index (χ2v) is 15.8. The first kappa shape index (κ1) is 35.0. The lowest BCUT2D eigenvalue weighted by Crippen LogP contribution is -2.35. The van der Waals surface area contributed by atoms with Crippen molar-refractivity contribution in [3.8, 4) is 27.9 Å². The molecule has 2 heterocycles. The summed E-state index contributed by atoms with van der Waals surface area (Å²) < 4.78 is 8.77. The highest BCUT2D eigenvalue weighted by molar-refractivity contribution is 6.10. The molecule has 0 saturated carbocycles. The van der Waals surface area contributed by atoms with Crippen molar-refractivity contribution in [2.75, 3.05) is 4.90 Å². The second kappa shape index (κ2) is 14.4. The highest BCUT2D eigenvalue weighted by Gasteiger charge is 2.29. The van der Waals surface area contributed by atoms with E-state index in [0.29, 0.717) is 5.90 Å². The van der Waals surface area contributed by atoms with Crippen molar-refractivity contribution in [1.29, 1.82) is 0 Å². The maximum absolute atomic E-state index is 6.38. The van der Waals surface area contributed by atoms with E-state index in [9.17, 15) is 0 Å². The number of rotatable bonds is 7. The van der Waals surface area contributed by atoms with Gasteiger partial charge in [0.05, 0.1) is 16.7 Å². The molecule has 0 radical (unpaired) electrons. The Morgan fingerprint density at radius 2 is 1.08 bits per heavy atom. The van der Waals surface area contributed by atoms with E-state index in [1.54, 1.807) is 0 Å². The van der Waals surface area contributed by atoms with Gasteiger partial charge < -0.3 is 14.2 Å². The average molecular weight is 782 g/mol. The summed E-state index contributed by atoms with van der Waals surface area (Å²) in [6.07, 6.45) is 3.03. The minimum absolute atomic E-state index is 0.0705. The van der Waals surface area contributed by atoms with Crippen LogP contribution in [0.3, 0.4) is 0 Å². The smallest absolute Gasteiger partial charge is 0.221 e. The Kier molecular flexibility index (Phi) is 8.27. The molecule has 0 N–H and O–H groups in total. The van der Waals surface area contributed by atoms with Crippen LogP contribution in [0.15, 0.2) is 217 Å². The third kappa shape index (κ3) is 5.95. The van der Waals surface area contributed by atoms with E-state index in [4.69, 9.17) is 9.73 Å². The number of para-hydroxylation sites is 2. The van der Waals surface area contributed by atoms with Gasteiger partial charge in [0.15, 0.2) is 0 Å². The SMILES string of the molecule is C1=c2c(-c3ccc(N(c4ccc(-c5cccc6ccccc56)cc4)c4ccc5c6ccccc6n(-c6ccccc6)c5c4)cc3)cccc2=C2N=C(c3ccccc3)OC2C1. The molecule has 1 atom stereocenters. The molecule has 9 aromatic carbocycles. The second-order valence-electron chi connectivity index (χ2n) is 15.8. The Labute approximate surface area is 353 Å². The van der Waals surface area contributed by atoms with E-state index in [1.165, 1.54) is 49.0 Å². The Morgan fingerprint density at radius 3 is 1.87 bits per heavy atom. The molecule has 1 aliphatic heterocycles. The average Bonchev–Trinajstić information content (AvgIpc) is 3.92. The summed E-state index contributed by atoms with van der Waals surface area (Å²) in [5, 5.41) is 7.30. The van der Waals surface area contributed by atoms with Gasteiger partial charge in [-0.3, -0.25) is 0 Å². The molecule has 0 saturated heterocycles. The van der Waals surface area contributed by atoms with E-state index in [-0.39, 0.29) is 6.10 Å². The highest BCUT2D eigenvalue weighted by Crippen LogP contribution is 2.41. The summed E-state index contributed by atoms with van der Waals surface area (Å²) in [5.41, 5.74) is 13.5. The minimum atomic E-state index is -0.0705. The zero-order chi connectivity index (χ0) is 40.3. The van der Waals surface area contributed by atoms with Gasteiger partial charge in [-0.2, -0.15) is 0 Å². The molecule has 1 aromatic heterocycles. The number of aromatic nitrogens is 1. The van der Waals surface area contributed by atoms with E-state index in [2.05, 4.69) is 210 Å². The van der Waals surface area contributed by atoms with Gasteiger partial charge in [0.2, 0.25) is 5.90 Å². The standard InChI is InChI=1S/C57H39N3O/c1-3-14-41(15-4-1)57-58-56-52-23-12-22-48(49(52)35-36-55(56)61-57)40-27-31-44(32-28-40)59(43-29-25-39(26-30-43)47-21-11-16-38-13-7-8-19-46(38)47)45-33-34-51-50-20-9-10-24-53(50)60(54(51)37-45)42-17-5-2-6-18-42/h1-35,37,55H,36H2. The zero-order valence-electron chi connectivity index (χ0n) is 33.3. The monoisotopic (exact) mass is 781 g/mol. The van der Waals surface area contributed by atoms with Crippen molar-refractivity contribution in [2.45, 2.75) is 12.5 Å². The third-order valence-corrected chi connectivity index (χ3v) is 12.3. The van der Waals surface area contributed by atoms with Crippen molar-refractivity contribution >= 4 is 67.3 Å². The molecule has 2 aliphatic rings. The minimum Gasteiger partial charge on any atom is -0.467 e. The molecule has 1 aliphatic carbocycles. The Hall–Kier alpha value is -7.95. The highest BCUT2D eigenvalue weighted by atomic mass is 16.5. The van der Waals surface area contributed by atoms with Crippen LogP contribution in [-0.4, -0.2) is 16.6 Å². The fourth-order valence-corrected chi connectivity index (χ4v) is 9.45. The van der Waals surface area contributed by atoms with E-state index >= 15 is 0 Å². The van der Waals surface area contributed by atoms with Crippen molar-refractivity contribution < 1.29 is 4.74 Å². The molecule has 0 spiro atoms. The number of anilines is 3. The molecule has 61 heavy (non-hydrogen) atoms. The van der Waals surface area contributed by atoms with Crippen LogP contribution < -0.4 is 15.3 Å². The summed E-state index contributed by atoms with van der Waals surface area (Å²) in [4.78, 5) is 7.43. The first-order valence-electron chi connectivity index (χ1n) is 21.0. The van der Waals surface area contributed by atoms with E-state index in [0.717, 1.165) is 56.7 Å². The van der Waals surface area contributed by atoms with Gasteiger partial charge in [-0.15, -0.1) is 0 Å². The van der Waals surface area contributed by atoms with Crippen LogP contribution in [0, 0.1) is 0 Å². The third-order valence-electron chi connectivity index (χ3n) is 12.3. The summed E-state index contributed by atoms with van der Waals surface area (Å²) in [5.74, 6) is 0.698. The molecule has 0 bridgehead atoms. The molecule has 4 heteroatoms. The van der Waals surface area contributed by atoms with Crippen molar-refractivity contribution in [3.63, 3.8) is 0 Å². The molecule has 10 aromatic rings. The Balaban J connectivity index is 0.990. The van der Waals surface area contributed by atoms with Crippen LogP contribution in [0.1, 0.15) is 12.0 Å². The summed E-state index contributed by atoms with van der Waals surface area (Å²) in [6.45, 7) is 0. The van der Waals surface area contributed by atoms with Crippen LogP contribution in [0.2, 0.25) is 0 Å². The maximum Gasteiger partial charge on any atom is 0.221 e. The van der Waals surface area contributed by atoms with Crippen molar-refractivity contribution in [2.24, 2.45) is 4.99 Å². The van der Waals surface area contributed by atoms with E-state index < -0.39 is 0 Å². The largest absolute Gasteiger partial charge is 0.467 e. The summed E-state index contributed by atoms with van der Waals surface area (Å²) >= 11 is 0. The predicted molar refractivity (Wildman–Crippen MR) is 253 cm³/mol. The maximum atomic E-state index is 6.38. The Morgan fingerprint density at radius 1 is 0.475 bits per heavy atom. The fourth-order valence-electron chi connectivity index (χ4n) is 9.45. The van der Waals surface area contributed by atoms with Gasteiger partial charge in [-0.1, -0.05) is 152 Å². The van der Waals surface area contributed by atoms with Crippen LogP contribution in [0.25, 0.3) is 72.3 Å². The van der Waals surface area contributed by atoms with E-state index in [1.807, 2.05) is 18.2 Å². The lowest BCUT2D eigenvalue weighted by Gasteiger charge is -2.26. The zero-order valence-corrected chi connectivity index (χ0v) is 33.3. The van der Waals surface area contributed by atoms with Gasteiger partial charge >= 0.3 is 0 Å². The molecular formula is C57H39N3O. The van der Waals surface area contributed by atoms with Crippen LogP contribution >= 0.6 is 0 Å². The molecule has 12 rings (SSSR count). The lowest BCUT2D eigenvalue weighted by molar-refractivity contribution is 0.267. The van der Waals surface area contributed by atoms with Gasteiger partial charge in [0.25, 0.3) is 0 Å². The number of aliphatic imine (C=N–C) groups is 1. The molecule has 288 valence electrons. The molecule has 1 unspecified atom stereocenters. The number of nitrogens with zero attached hydrogens (tertiary/aromatic N) is 3. The Bertz CT molecular complexity index is 3450. The molecular weight excluding hydrogens is 743 g/mol. The van der Waals surface area contributed by atoms with Crippen LogP contribution in [0.5, 0.6) is 0 Å². The fraction of sp³-hybridized carbons (Fsp3) is 0.0351. The summed E-state index contributed by atoms with van der Waals surface area (Å²) in [6, 6.07) is 76.3. The first-order chi connectivity index (χ1) is 30.2. The molecule has 0 fully saturated rings. The van der Waals surface area contributed by atoms with Gasteiger partial charge in [0.1, 0.15) is 6.10 Å². The number of benzene rings is 9. The van der Waals surface area contributed by atoms with Crippen LogP contribution in [0.4, 0.5) is 17.1 Å². The van der Waals surface area contributed by atoms with Crippen molar-refractivity contribution in [1.82, 2.24) is 4.57 Å². The van der Waals surface area contributed by atoms with Gasteiger partial charge in [-0.05, 0) is 105 Å². The predicted octanol–water partition coefficient (Wildman–Crippen LogP) is 12.9. The topological polar surface area (TPSA) is 29.8 Å². The number of hydrogen-bond donors (Lipinski definition) is 0. The quantitative estimate of drug-likeness (QED) is 0.161. The normalized spacial score (nSPS) is 14.3. The van der Waals surface area contributed by atoms with Crippen LogP contribution in [-0.2, 0) is 4.74 Å². The van der Waals surface area contributed by atoms with Crippen molar-refractivity contribution in [3.05, 3.63) is 228 Å². The number of hydrogen-bond acceptors (Lipinski definition) is 3. The first-order valence-corrected chi connectivity index (χ1v) is 21.0. The lowest BCUT2D eigenvalue weighted by atomic mass is 9.95. The number of fused-ring (bicyclic) bond motifs is 6.